The number of oxime groups is 1. The zero-order chi connectivity index (χ0) is 15.2. The molecule has 2 rings (SSSR count). The maximum atomic E-state index is 8.77. The third-order valence-corrected chi connectivity index (χ3v) is 3.50. The van der Waals surface area contributed by atoms with Crippen LogP contribution in [0.4, 0.5) is 5.69 Å². The fourth-order valence-electron chi connectivity index (χ4n) is 1.83. The Morgan fingerprint density at radius 1 is 1.48 bits per heavy atom. The number of amidine groups is 1. The van der Waals surface area contributed by atoms with Crippen molar-refractivity contribution in [1.82, 2.24) is 4.98 Å². The summed E-state index contributed by atoms with van der Waals surface area (Å²) in [6.07, 6.45) is 1.60. The number of rotatable bonds is 5. The lowest BCUT2D eigenvalue weighted by atomic mass is 10.1. The maximum absolute atomic E-state index is 8.77. The minimum Gasteiger partial charge on any atom is -0.496 e. The van der Waals surface area contributed by atoms with Crippen LogP contribution < -0.4 is 15.8 Å². The van der Waals surface area contributed by atoms with Crippen LogP contribution in [0.3, 0.4) is 0 Å². The van der Waals surface area contributed by atoms with Crippen molar-refractivity contribution in [1.29, 1.82) is 0 Å². The van der Waals surface area contributed by atoms with Crippen molar-refractivity contribution in [2.24, 2.45) is 10.9 Å². The summed E-state index contributed by atoms with van der Waals surface area (Å²) in [6.45, 7) is 0.498. The van der Waals surface area contributed by atoms with Crippen LogP contribution in [0, 0.1) is 0 Å². The Morgan fingerprint density at radius 3 is 2.95 bits per heavy atom. The van der Waals surface area contributed by atoms with Gasteiger partial charge in [0.2, 0.25) is 0 Å². The fraction of sp³-hybridized carbons (Fsp3) is 0.143. The van der Waals surface area contributed by atoms with Gasteiger partial charge in [-0.2, -0.15) is 0 Å². The van der Waals surface area contributed by atoms with Gasteiger partial charge in [-0.3, -0.25) is 4.98 Å². The molecule has 1 aromatic carbocycles. The highest BCUT2D eigenvalue weighted by Crippen LogP contribution is 2.27. The van der Waals surface area contributed by atoms with Gasteiger partial charge in [0, 0.05) is 24.0 Å². The van der Waals surface area contributed by atoms with E-state index in [1.54, 1.807) is 19.4 Å². The van der Waals surface area contributed by atoms with Crippen molar-refractivity contribution in [2.75, 3.05) is 12.4 Å². The molecule has 0 aliphatic rings. The first-order valence-electron chi connectivity index (χ1n) is 6.15. The van der Waals surface area contributed by atoms with E-state index < -0.39 is 0 Å². The van der Waals surface area contributed by atoms with Gasteiger partial charge in [0.15, 0.2) is 5.84 Å². The number of hydrogen-bond acceptors (Lipinski definition) is 5. The third-order valence-electron chi connectivity index (χ3n) is 2.88. The number of nitrogens with zero attached hydrogens (tertiary/aromatic N) is 2. The quantitative estimate of drug-likeness (QED) is 0.333. The minimum absolute atomic E-state index is 0.0108. The van der Waals surface area contributed by atoms with Gasteiger partial charge in [0.1, 0.15) is 11.4 Å². The van der Waals surface area contributed by atoms with Crippen LogP contribution in [-0.2, 0) is 6.54 Å². The van der Waals surface area contributed by atoms with E-state index in [-0.39, 0.29) is 5.84 Å². The van der Waals surface area contributed by atoms with E-state index >= 15 is 0 Å². The molecule has 0 saturated heterocycles. The molecule has 1 heterocycles. The SMILES string of the molecule is COc1ccc(NCc2cccnc2C(N)=NO)cc1Br. The van der Waals surface area contributed by atoms with Gasteiger partial charge in [0.05, 0.1) is 11.6 Å². The van der Waals surface area contributed by atoms with Gasteiger partial charge >= 0.3 is 0 Å². The van der Waals surface area contributed by atoms with Crippen molar-refractivity contribution < 1.29 is 9.94 Å². The summed E-state index contributed by atoms with van der Waals surface area (Å²) in [7, 11) is 1.62. The largest absolute Gasteiger partial charge is 0.496 e. The van der Waals surface area contributed by atoms with Gasteiger partial charge < -0.3 is 21.0 Å². The fourth-order valence-corrected chi connectivity index (χ4v) is 2.37. The van der Waals surface area contributed by atoms with Crippen molar-refractivity contribution in [2.45, 2.75) is 6.54 Å². The van der Waals surface area contributed by atoms with Crippen LogP contribution in [-0.4, -0.2) is 23.1 Å². The Morgan fingerprint density at radius 2 is 2.29 bits per heavy atom. The molecule has 0 fully saturated rings. The molecule has 0 radical (unpaired) electrons. The molecule has 0 unspecified atom stereocenters. The zero-order valence-electron chi connectivity index (χ0n) is 11.4. The predicted octanol–water partition coefficient (Wildman–Crippen LogP) is 2.56. The molecule has 0 saturated carbocycles. The summed E-state index contributed by atoms with van der Waals surface area (Å²) in [6, 6.07) is 9.35. The summed E-state index contributed by atoms with van der Waals surface area (Å²) in [5.41, 5.74) is 7.82. The Hall–Kier alpha value is -2.28. The van der Waals surface area contributed by atoms with Gasteiger partial charge in [-0.15, -0.1) is 0 Å². The smallest absolute Gasteiger partial charge is 0.189 e. The van der Waals surface area contributed by atoms with Crippen LogP contribution in [0.25, 0.3) is 0 Å². The van der Waals surface area contributed by atoms with Crippen LogP contribution in [0.5, 0.6) is 5.75 Å². The van der Waals surface area contributed by atoms with E-state index in [1.165, 1.54) is 0 Å². The van der Waals surface area contributed by atoms with Crippen LogP contribution in [0.15, 0.2) is 46.2 Å². The number of nitrogens with two attached hydrogens (primary N) is 1. The van der Waals surface area contributed by atoms with E-state index in [0.29, 0.717) is 12.2 Å². The number of hydrogen-bond donors (Lipinski definition) is 3. The molecule has 7 heteroatoms. The Bertz CT molecular complexity index is 661. The average molecular weight is 351 g/mol. The average Bonchev–Trinajstić information content (AvgIpc) is 2.52. The monoisotopic (exact) mass is 350 g/mol. The third kappa shape index (κ3) is 3.63. The van der Waals surface area contributed by atoms with Crippen LogP contribution >= 0.6 is 15.9 Å². The van der Waals surface area contributed by atoms with Gasteiger partial charge in [0.25, 0.3) is 0 Å². The molecule has 1 aromatic heterocycles. The van der Waals surface area contributed by atoms with Crippen LogP contribution in [0.2, 0.25) is 0 Å². The standard InChI is InChI=1S/C14H15BrN4O2/c1-21-12-5-4-10(7-11(12)15)18-8-9-3-2-6-17-13(9)14(16)19-20/h2-7,18,20H,8H2,1H3,(H2,16,19). The van der Waals surface area contributed by atoms with Gasteiger partial charge in [-0.1, -0.05) is 11.2 Å². The van der Waals surface area contributed by atoms with E-state index in [9.17, 15) is 0 Å². The zero-order valence-corrected chi connectivity index (χ0v) is 13.0. The van der Waals surface area contributed by atoms with E-state index in [2.05, 4.69) is 31.4 Å². The number of aromatic nitrogens is 1. The van der Waals surface area contributed by atoms with E-state index in [4.69, 9.17) is 15.7 Å². The molecule has 0 atom stereocenters. The van der Waals surface area contributed by atoms with Gasteiger partial charge in [-0.05, 0) is 40.2 Å². The predicted molar refractivity (Wildman–Crippen MR) is 84.8 cm³/mol. The van der Waals surface area contributed by atoms with Crippen molar-refractivity contribution in [3.63, 3.8) is 0 Å². The van der Waals surface area contributed by atoms with Crippen molar-refractivity contribution in [3.05, 3.63) is 52.3 Å². The molecule has 4 N–H and O–H groups in total. The molecule has 6 nitrogen and oxygen atoms in total. The Labute approximate surface area is 130 Å². The summed E-state index contributed by atoms with van der Waals surface area (Å²) in [5, 5.41) is 15.0. The van der Waals surface area contributed by atoms with Crippen molar-refractivity contribution in [3.8, 4) is 5.75 Å². The Kier molecular flexibility index (Phi) is 4.99. The topological polar surface area (TPSA) is 92.8 Å². The highest BCUT2D eigenvalue weighted by atomic mass is 79.9. The second-order valence-corrected chi connectivity index (χ2v) is 5.05. The normalized spacial score (nSPS) is 11.2. The summed E-state index contributed by atoms with van der Waals surface area (Å²) in [5.74, 6) is 0.752. The number of ether oxygens (including phenoxy) is 1. The molecule has 0 aliphatic carbocycles. The first-order valence-corrected chi connectivity index (χ1v) is 6.94. The molecule has 0 bridgehead atoms. The first-order chi connectivity index (χ1) is 10.2. The molecule has 2 aromatic rings. The number of methoxy groups -OCH3 is 1. The minimum atomic E-state index is -0.0108. The maximum Gasteiger partial charge on any atom is 0.189 e. The highest BCUT2D eigenvalue weighted by molar-refractivity contribution is 9.10. The lowest BCUT2D eigenvalue weighted by Gasteiger charge is -2.11. The summed E-state index contributed by atoms with van der Waals surface area (Å²) < 4.78 is 6.04. The number of nitrogens with one attached hydrogen (secondary N) is 1. The molecule has 0 spiro atoms. The lowest BCUT2D eigenvalue weighted by molar-refractivity contribution is 0.318. The van der Waals surface area contributed by atoms with Crippen LogP contribution in [0.1, 0.15) is 11.3 Å². The number of pyridine rings is 1. The number of anilines is 1. The van der Waals surface area contributed by atoms with E-state index in [0.717, 1.165) is 21.5 Å². The second-order valence-electron chi connectivity index (χ2n) is 4.20. The lowest BCUT2D eigenvalue weighted by Crippen LogP contribution is -2.18. The molecule has 110 valence electrons. The summed E-state index contributed by atoms with van der Waals surface area (Å²) >= 11 is 3.43. The number of benzene rings is 1. The molecule has 0 aliphatic heterocycles. The summed E-state index contributed by atoms with van der Waals surface area (Å²) in [4.78, 5) is 4.12. The van der Waals surface area contributed by atoms with Gasteiger partial charge in [-0.25, -0.2) is 0 Å². The molecular formula is C14H15BrN4O2. The second kappa shape index (κ2) is 6.94. The van der Waals surface area contributed by atoms with E-state index in [1.807, 2.05) is 24.3 Å². The number of halogens is 1. The molecular weight excluding hydrogens is 336 g/mol. The molecule has 21 heavy (non-hydrogen) atoms. The molecule has 0 amide bonds. The van der Waals surface area contributed by atoms with Crippen molar-refractivity contribution >= 4 is 27.5 Å². The highest BCUT2D eigenvalue weighted by Gasteiger charge is 2.08. The first kappa shape index (κ1) is 15.1. The Balaban J connectivity index is 2.15.